The molecule has 112 valence electrons. The smallest absolute Gasteiger partial charge is 0.159 e. The van der Waals surface area contributed by atoms with E-state index in [0.717, 1.165) is 29.4 Å². The fraction of sp³-hybridized carbons (Fsp3) is 0.412. The second-order valence-corrected chi connectivity index (χ2v) is 6.31. The van der Waals surface area contributed by atoms with Crippen LogP contribution in [0.4, 0.5) is 0 Å². The summed E-state index contributed by atoms with van der Waals surface area (Å²) in [6.07, 6.45) is 1.94. The molecule has 2 aromatic rings. The summed E-state index contributed by atoms with van der Waals surface area (Å²) in [5.74, 6) is 1.89. The molecular formula is C17H23N3S. The van der Waals surface area contributed by atoms with Crippen LogP contribution in [0.5, 0.6) is 0 Å². The molecule has 0 aliphatic carbocycles. The number of aromatic nitrogens is 2. The van der Waals surface area contributed by atoms with Crippen LogP contribution < -0.4 is 5.32 Å². The van der Waals surface area contributed by atoms with Crippen LogP contribution in [0.1, 0.15) is 38.1 Å². The standard InChI is InChI=1S/C17H23N3S/c1-5-18-12(3)16-11-19-17(20-13(16)4)14-7-9-15(10-8-14)21-6-2/h7-12,18H,5-6H2,1-4H3. The average Bonchev–Trinajstić information content (AvgIpc) is 2.48. The fourth-order valence-corrected chi connectivity index (χ4v) is 2.99. The monoisotopic (exact) mass is 301 g/mol. The molecule has 3 nitrogen and oxygen atoms in total. The van der Waals surface area contributed by atoms with Gasteiger partial charge in [0.1, 0.15) is 0 Å². The highest BCUT2D eigenvalue weighted by Crippen LogP contribution is 2.23. The molecular weight excluding hydrogens is 278 g/mol. The molecule has 0 spiro atoms. The maximum absolute atomic E-state index is 4.66. The van der Waals surface area contributed by atoms with Crippen LogP contribution in [-0.4, -0.2) is 22.3 Å². The quantitative estimate of drug-likeness (QED) is 0.810. The van der Waals surface area contributed by atoms with E-state index < -0.39 is 0 Å². The number of rotatable bonds is 6. The van der Waals surface area contributed by atoms with Crippen LogP contribution in [0.25, 0.3) is 11.4 Å². The third kappa shape index (κ3) is 4.05. The summed E-state index contributed by atoms with van der Waals surface area (Å²) in [7, 11) is 0. The van der Waals surface area contributed by atoms with Gasteiger partial charge >= 0.3 is 0 Å². The molecule has 1 aromatic carbocycles. The summed E-state index contributed by atoms with van der Waals surface area (Å²) in [6, 6.07) is 8.75. The summed E-state index contributed by atoms with van der Waals surface area (Å²) in [5, 5.41) is 3.40. The van der Waals surface area contributed by atoms with Gasteiger partial charge in [0.05, 0.1) is 0 Å². The number of thioether (sulfide) groups is 1. The highest BCUT2D eigenvalue weighted by atomic mass is 32.2. The van der Waals surface area contributed by atoms with E-state index >= 15 is 0 Å². The van der Waals surface area contributed by atoms with Crippen LogP contribution in [0, 0.1) is 6.92 Å². The first-order valence-corrected chi connectivity index (χ1v) is 8.44. The van der Waals surface area contributed by atoms with Gasteiger partial charge in [-0.1, -0.05) is 26.0 Å². The van der Waals surface area contributed by atoms with E-state index in [-0.39, 0.29) is 6.04 Å². The molecule has 1 heterocycles. The van der Waals surface area contributed by atoms with Gasteiger partial charge in [0.15, 0.2) is 5.82 Å². The normalized spacial score (nSPS) is 12.4. The molecule has 0 saturated carbocycles. The summed E-state index contributed by atoms with van der Waals surface area (Å²) in [6.45, 7) is 9.41. The van der Waals surface area contributed by atoms with Crippen molar-refractivity contribution in [1.82, 2.24) is 15.3 Å². The van der Waals surface area contributed by atoms with Gasteiger partial charge in [0.25, 0.3) is 0 Å². The summed E-state index contributed by atoms with van der Waals surface area (Å²) in [4.78, 5) is 10.5. The Hall–Kier alpha value is -1.39. The Morgan fingerprint density at radius 3 is 2.48 bits per heavy atom. The Labute approximate surface area is 131 Å². The van der Waals surface area contributed by atoms with Crippen LogP contribution >= 0.6 is 11.8 Å². The van der Waals surface area contributed by atoms with Gasteiger partial charge in [-0.2, -0.15) is 0 Å². The van der Waals surface area contributed by atoms with Crippen molar-refractivity contribution in [1.29, 1.82) is 0 Å². The van der Waals surface area contributed by atoms with Gasteiger partial charge in [-0.15, -0.1) is 11.8 Å². The van der Waals surface area contributed by atoms with Gasteiger partial charge in [0.2, 0.25) is 0 Å². The lowest BCUT2D eigenvalue weighted by atomic mass is 10.1. The molecule has 2 rings (SSSR count). The van der Waals surface area contributed by atoms with Crippen LogP contribution in [-0.2, 0) is 0 Å². The first-order valence-electron chi connectivity index (χ1n) is 7.45. The minimum atomic E-state index is 0.285. The van der Waals surface area contributed by atoms with Crippen molar-refractivity contribution in [3.63, 3.8) is 0 Å². The zero-order valence-corrected chi connectivity index (χ0v) is 14.0. The molecule has 0 saturated heterocycles. The van der Waals surface area contributed by atoms with E-state index in [1.807, 2.05) is 18.0 Å². The maximum atomic E-state index is 4.66. The molecule has 0 fully saturated rings. The number of nitrogens with one attached hydrogen (secondary N) is 1. The lowest BCUT2D eigenvalue weighted by molar-refractivity contribution is 0.590. The van der Waals surface area contributed by atoms with E-state index in [9.17, 15) is 0 Å². The largest absolute Gasteiger partial charge is 0.310 e. The van der Waals surface area contributed by atoms with Crippen molar-refractivity contribution in [3.05, 3.63) is 41.7 Å². The second kappa shape index (κ2) is 7.57. The van der Waals surface area contributed by atoms with Gasteiger partial charge in [0, 0.05) is 34.0 Å². The second-order valence-electron chi connectivity index (χ2n) is 4.97. The van der Waals surface area contributed by atoms with E-state index in [0.29, 0.717) is 0 Å². The Morgan fingerprint density at radius 1 is 1.19 bits per heavy atom. The summed E-state index contributed by atoms with van der Waals surface area (Å²) < 4.78 is 0. The summed E-state index contributed by atoms with van der Waals surface area (Å²) in [5.41, 5.74) is 3.28. The van der Waals surface area contributed by atoms with Crippen molar-refractivity contribution in [2.75, 3.05) is 12.3 Å². The molecule has 0 aliphatic rings. The Kier molecular flexibility index (Phi) is 5.76. The predicted molar refractivity (Wildman–Crippen MR) is 90.7 cm³/mol. The maximum Gasteiger partial charge on any atom is 0.159 e. The molecule has 1 N–H and O–H groups in total. The number of hydrogen-bond donors (Lipinski definition) is 1. The average molecular weight is 301 g/mol. The third-order valence-corrected chi connectivity index (χ3v) is 4.31. The highest BCUT2D eigenvalue weighted by molar-refractivity contribution is 7.99. The van der Waals surface area contributed by atoms with E-state index in [2.05, 4.69) is 67.2 Å². The fourth-order valence-electron chi connectivity index (χ4n) is 2.32. The zero-order chi connectivity index (χ0) is 15.2. The number of hydrogen-bond acceptors (Lipinski definition) is 4. The molecule has 1 unspecified atom stereocenters. The lowest BCUT2D eigenvalue weighted by Crippen LogP contribution is -2.19. The van der Waals surface area contributed by atoms with Crippen molar-refractivity contribution in [3.8, 4) is 11.4 Å². The Balaban J connectivity index is 2.23. The Bertz CT molecular complexity index is 581. The van der Waals surface area contributed by atoms with Crippen molar-refractivity contribution in [2.45, 2.75) is 38.6 Å². The Morgan fingerprint density at radius 2 is 1.90 bits per heavy atom. The highest BCUT2D eigenvalue weighted by Gasteiger charge is 2.10. The molecule has 1 atom stereocenters. The van der Waals surface area contributed by atoms with Gasteiger partial charge < -0.3 is 5.32 Å². The molecule has 0 aliphatic heterocycles. The van der Waals surface area contributed by atoms with Crippen LogP contribution in [0.2, 0.25) is 0 Å². The first-order chi connectivity index (χ1) is 10.2. The van der Waals surface area contributed by atoms with Crippen LogP contribution in [0.3, 0.4) is 0 Å². The SMILES string of the molecule is CCNC(C)c1cnc(-c2ccc(SCC)cc2)nc1C. The zero-order valence-electron chi connectivity index (χ0n) is 13.2. The van der Waals surface area contributed by atoms with Crippen molar-refractivity contribution in [2.24, 2.45) is 0 Å². The van der Waals surface area contributed by atoms with Crippen molar-refractivity contribution < 1.29 is 0 Å². The minimum Gasteiger partial charge on any atom is -0.310 e. The summed E-state index contributed by atoms with van der Waals surface area (Å²) >= 11 is 1.85. The van der Waals surface area contributed by atoms with Gasteiger partial charge in [-0.25, -0.2) is 9.97 Å². The number of aryl methyl sites for hydroxylation is 1. The lowest BCUT2D eigenvalue weighted by Gasteiger charge is -2.15. The van der Waals surface area contributed by atoms with E-state index in [1.165, 1.54) is 10.5 Å². The number of nitrogens with zero attached hydrogens (tertiary/aromatic N) is 2. The van der Waals surface area contributed by atoms with Crippen LogP contribution in [0.15, 0.2) is 35.4 Å². The molecule has 0 radical (unpaired) electrons. The molecule has 1 aromatic heterocycles. The topological polar surface area (TPSA) is 37.8 Å². The molecule has 21 heavy (non-hydrogen) atoms. The van der Waals surface area contributed by atoms with Crippen molar-refractivity contribution >= 4 is 11.8 Å². The number of benzene rings is 1. The van der Waals surface area contributed by atoms with E-state index in [1.54, 1.807) is 0 Å². The first kappa shape index (κ1) is 16.0. The van der Waals surface area contributed by atoms with Gasteiger partial charge in [-0.05, 0) is 38.3 Å². The molecule has 0 amide bonds. The third-order valence-electron chi connectivity index (χ3n) is 3.42. The van der Waals surface area contributed by atoms with E-state index in [4.69, 9.17) is 0 Å². The molecule has 0 bridgehead atoms. The molecule has 4 heteroatoms. The predicted octanol–water partition coefficient (Wildman–Crippen LogP) is 4.23. The van der Waals surface area contributed by atoms with Gasteiger partial charge in [-0.3, -0.25) is 0 Å². The minimum absolute atomic E-state index is 0.285.